The Bertz CT molecular complexity index is 1000. The van der Waals surface area contributed by atoms with E-state index < -0.39 is 21.7 Å². The molecule has 2 aromatic rings. The van der Waals surface area contributed by atoms with Crippen LogP contribution in [0, 0.1) is 11.6 Å². The van der Waals surface area contributed by atoms with Crippen molar-refractivity contribution in [1.82, 2.24) is 4.72 Å². The van der Waals surface area contributed by atoms with E-state index >= 15 is 0 Å². The van der Waals surface area contributed by atoms with Gasteiger partial charge >= 0.3 is 0 Å². The molecule has 28 heavy (non-hydrogen) atoms. The summed E-state index contributed by atoms with van der Waals surface area (Å²) in [5, 5.41) is 3.01. The molecule has 4 N–H and O–H groups in total. The maximum Gasteiger partial charge on any atom is 0.213 e. The molecule has 0 aliphatic heterocycles. The second-order valence-corrected chi connectivity index (χ2v) is 7.91. The summed E-state index contributed by atoms with van der Waals surface area (Å²) in [6.45, 7) is 0.138. The predicted octanol–water partition coefficient (Wildman–Crippen LogP) is 2.59. The van der Waals surface area contributed by atoms with E-state index in [1.165, 1.54) is 13.3 Å². The highest BCUT2D eigenvalue weighted by Crippen LogP contribution is 2.30. The smallest absolute Gasteiger partial charge is 0.213 e. The summed E-state index contributed by atoms with van der Waals surface area (Å²) >= 11 is 0. The number of rotatable bonds is 8. The third-order valence-electron chi connectivity index (χ3n) is 3.97. The van der Waals surface area contributed by atoms with Crippen LogP contribution in [0.25, 0.3) is 16.8 Å². The summed E-state index contributed by atoms with van der Waals surface area (Å²) in [7, 11) is -0.441. The van der Waals surface area contributed by atoms with Gasteiger partial charge in [0.05, 0.1) is 5.75 Å². The lowest BCUT2D eigenvalue weighted by Gasteiger charge is -2.15. The number of nitrogens with two attached hydrogens (primary N) is 1. The minimum absolute atomic E-state index is 0.0996. The number of nitrogens with one attached hydrogen (secondary N) is 2. The molecule has 0 bridgehead atoms. The number of hydrogen-bond donors (Lipinski definition) is 3. The zero-order chi connectivity index (χ0) is 20.7. The molecule has 0 aromatic heterocycles. The van der Waals surface area contributed by atoms with Gasteiger partial charge in [0.1, 0.15) is 11.6 Å². The van der Waals surface area contributed by atoms with Gasteiger partial charge in [0.2, 0.25) is 10.0 Å². The quantitative estimate of drug-likeness (QED) is 0.585. The van der Waals surface area contributed by atoms with Gasteiger partial charge in [-0.25, -0.2) is 21.9 Å². The highest BCUT2D eigenvalue weighted by Gasteiger charge is 2.13. The minimum Gasteiger partial charge on any atom is -0.398 e. The SMILES string of the molecule is CN=C/C=C(\N)c1cc(-c2cc(F)ccc2F)ccc1NCCS(=O)(=O)NC. The molecule has 0 aliphatic rings. The Morgan fingerprint density at radius 2 is 1.96 bits per heavy atom. The summed E-state index contributed by atoms with van der Waals surface area (Å²) in [4.78, 5) is 3.84. The van der Waals surface area contributed by atoms with Gasteiger partial charge in [-0.3, -0.25) is 4.99 Å². The number of benzene rings is 2. The zero-order valence-corrected chi connectivity index (χ0v) is 16.4. The molecule has 0 fully saturated rings. The van der Waals surface area contributed by atoms with Crippen LogP contribution in [0.3, 0.4) is 0 Å². The van der Waals surface area contributed by atoms with Gasteiger partial charge in [0, 0.05) is 42.3 Å². The first kappa shape index (κ1) is 21.5. The summed E-state index contributed by atoms with van der Waals surface area (Å²) < 4.78 is 53.1. The van der Waals surface area contributed by atoms with E-state index in [4.69, 9.17) is 5.73 Å². The van der Waals surface area contributed by atoms with Crippen molar-refractivity contribution in [2.75, 3.05) is 31.7 Å². The van der Waals surface area contributed by atoms with E-state index in [9.17, 15) is 17.2 Å². The molecule has 2 aromatic carbocycles. The molecular formula is C19H22F2N4O2S. The largest absolute Gasteiger partial charge is 0.398 e. The number of hydrogen-bond acceptors (Lipinski definition) is 5. The number of aliphatic imine (C=N–C) groups is 1. The summed E-state index contributed by atoms with van der Waals surface area (Å²) in [6, 6.07) is 8.07. The Balaban J connectivity index is 2.44. The standard InChI is InChI=1S/C19H22F2N4O2S/c1-23-8-7-18(22)16-11-13(15-12-14(20)4-5-17(15)21)3-6-19(16)25-9-10-28(26,27)24-2/h3-8,11-12,24-25H,9-10,22H2,1-2H3/b18-7-,23-8?. The van der Waals surface area contributed by atoms with Crippen LogP contribution in [0.1, 0.15) is 5.56 Å². The highest BCUT2D eigenvalue weighted by atomic mass is 32.2. The first-order valence-corrected chi connectivity index (χ1v) is 10.1. The molecule has 2 rings (SSSR count). The molecule has 0 spiro atoms. The molecule has 0 saturated heterocycles. The van der Waals surface area contributed by atoms with Crippen LogP contribution in [0.5, 0.6) is 0 Å². The van der Waals surface area contributed by atoms with Crippen molar-refractivity contribution in [3.63, 3.8) is 0 Å². The third kappa shape index (κ3) is 5.61. The normalized spacial score (nSPS) is 12.5. The van der Waals surface area contributed by atoms with Gasteiger partial charge in [0.15, 0.2) is 0 Å². The molecule has 0 heterocycles. The lowest BCUT2D eigenvalue weighted by Crippen LogP contribution is -2.26. The van der Waals surface area contributed by atoms with Crippen molar-refractivity contribution in [1.29, 1.82) is 0 Å². The first-order valence-electron chi connectivity index (χ1n) is 8.40. The van der Waals surface area contributed by atoms with Crippen molar-refractivity contribution in [3.8, 4) is 11.1 Å². The van der Waals surface area contributed by atoms with Crippen LogP contribution < -0.4 is 15.8 Å². The third-order valence-corrected chi connectivity index (χ3v) is 5.33. The maximum absolute atomic E-state index is 14.1. The summed E-state index contributed by atoms with van der Waals surface area (Å²) in [6.07, 6.45) is 3.07. The van der Waals surface area contributed by atoms with E-state index in [-0.39, 0.29) is 17.9 Å². The Labute approximate surface area is 163 Å². The molecule has 0 unspecified atom stereocenters. The Morgan fingerprint density at radius 1 is 1.21 bits per heavy atom. The van der Waals surface area contributed by atoms with Gasteiger partial charge in [0.25, 0.3) is 0 Å². The van der Waals surface area contributed by atoms with E-state index in [0.717, 1.165) is 18.2 Å². The summed E-state index contributed by atoms with van der Waals surface area (Å²) in [5.74, 6) is -1.26. The van der Waals surface area contributed by atoms with E-state index in [1.54, 1.807) is 31.3 Å². The van der Waals surface area contributed by atoms with Gasteiger partial charge in [-0.2, -0.15) is 0 Å². The topological polar surface area (TPSA) is 96.6 Å². The Kier molecular flexibility index (Phi) is 7.24. The van der Waals surface area contributed by atoms with Crippen LogP contribution in [0.15, 0.2) is 47.5 Å². The average Bonchev–Trinajstić information content (AvgIpc) is 2.68. The van der Waals surface area contributed by atoms with E-state index in [1.807, 2.05) is 0 Å². The molecule has 0 radical (unpaired) electrons. The van der Waals surface area contributed by atoms with Crippen molar-refractivity contribution >= 4 is 27.6 Å². The van der Waals surface area contributed by atoms with Gasteiger partial charge in [-0.1, -0.05) is 6.07 Å². The van der Waals surface area contributed by atoms with Crippen LogP contribution in [0.2, 0.25) is 0 Å². The summed E-state index contributed by atoms with van der Waals surface area (Å²) in [5.41, 5.74) is 8.06. The van der Waals surface area contributed by atoms with Crippen LogP contribution >= 0.6 is 0 Å². The van der Waals surface area contributed by atoms with Crippen molar-refractivity contribution in [3.05, 3.63) is 59.7 Å². The molecule has 150 valence electrons. The number of nitrogens with zero attached hydrogens (tertiary/aromatic N) is 1. The second kappa shape index (κ2) is 9.43. The van der Waals surface area contributed by atoms with Gasteiger partial charge in [-0.15, -0.1) is 0 Å². The fourth-order valence-corrected chi connectivity index (χ4v) is 3.07. The second-order valence-electron chi connectivity index (χ2n) is 5.86. The fraction of sp³-hybridized carbons (Fsp3) is 0.211. The lowest BCUT2D eigenvalue weighted by molar-refractivity contribution is 0.588. The molecule has 0 atom stereocenters. The van der Waals surface area contributed by atoms with Crippen LogP contribution in [-0.4, -0.2) is 41.0 Å². The Hall–Kier alpha value is -2.78. The van der Waals surface area contributed by atoms with E-state index in [2.05, 4.69) is 15.0 Å². The van der Waals surface area contributed by atoms with Crippen LogP contribution in [-0.2, 0) is 10.0 Å². The zero-order valence-electron chi connectivity index (χ0n) is 15.5. The van der Waals surface area contributed by atoms with Crippen molar-refractivity contribution in [2.24, 2.45) is 10.7 Å². The van der Waals surface area contributed by atoms with Gasteiger partial charge < -0.3 is 11.1 Å². The van der Waals surface area contributed by atoms with E-state index in [0.29, 0.717) is 22.5 Å². The molecular weight excluding hydrogens is 386 g/mol. The molecule has 9 heteroatoms. The van der Waals surface area contributed by atoms with Crippen molar-refractivity contribution < 1.29 is 17.2 Å². The van der Waals surface area contributed by atoms with Crippen LogP contribution in [0.4, 0.5) is 14.5 Å². The molecule has 0 aliphatic carbocycles. The predicted molar refractivity (Wildman–Crippen MR) is 110 cm³/mol. The number of sulfonamides is 1. The number of halogens is 2. The van der Waals surface area contributed by atoms with Crippen molar-refractivity contribution in [2.45, 2.75) is 0 Å². The number of allylic oxidation sites excluding steroid dienone is 1. The molecule has 0 saturated carbocycles. The van der Waals surface area contributed by atoms with Gasteiger partial charge in [-0.05, 0) is 49.0 Å². The average molecular weight is 408 g/mol. The number of anilines is 1. The molecule has 0 amide bonds. The Morgan fingerprint density at radius 3 is 2.64 bits per heavy atom. The molecule has 6 nitrogen and oxygen atoms in total. The monoisotopic (exact) mass is 408 g/mol. The highest BCUT2D eigenvalue weighted by molar-refractivity contribution is 7.89. The first-order chi connectivity index (χ1) is 13.3. The lowest BCUT2D eigenvalue weighted by atomic mass is 9.99. The fourth-order valence-electron chi connectivity index (χ4n) is 2.49. The minimum atomic E-state index is -3.37. The maximum atomic E-state index is 14.1.